The first-order chi connectivity index (χ1) is 8.06. The highest BCUT2D eigenvalue weighted by Crippen LogP contribution is 2.10. The minimum absolute atomic E-state index is 0.0423. The van der Waals surface area contributed by atoms with E-state index >= 15 is 0 Å². The van der Waals surface area contributed by atoms with E-state index in [2.05, 4.69) is 5.92 Å². The molecular weight excluding hydrogens is 218 g/mol. The summed E-state index contributed by atoms with van der Waals surface area (Å²) < 4.78 is 0. The van der Waals surface area contributed by atoms with Crippen LogP contribution in [0, 0.1) is 12.3 Å². The van der Waals surface area contributed by atoms with Gasteiger partial charge in [0, 0.05) is 7.05 Å². The molecule has 1 amide bonds. The van der Waals surface area contributed by atoms with Gasteiger partial charge >= 0.3 is 5.97 Å². The summed E-state index contributed by atoms with van der Waals surface area (Å²) in [6.07, 6.45) is 5.14. The summed E-state index contributed by atoms with van der Waals surface area (Å²) in [6, 6.07) is 6.44. The van der Waals surface area contributed by atoms with Gasteiger partial charge in [0.1, 0.15) is 0 Å². The maximum Gasteiger partial charge on any atom is 0.335 e. The van der Waals surface area contributed by atoms with Gasteiger partial charge in [0.2, 0.25) is 5.91 Å². The normalized spacial score (nSPS) is 9.41. The molecule has 0 heterocycles. The van der Waals surface area contributed by atoms with Crippen molar-refractivity contribution in [1.82, 2.24) is 4.90 Å². The minimum Gasteiger partial charge on any atom is -0.478 e. The zero-order valence-corrected chi connectivity index (χ0v) is 9.51. The van der Waals surface area contributed by atoms with Crippen LogP contribution >= 0.6 is 0 Å². The molecule has 1 aromatic rings. The number of amides is 1. The van der Waals surface area contributed by atoms with Crippen molar-refractivity contribution < 1.29 is 14.7 Å². The second kappa shape index (κ2) is 5.71. The van der Waals surface area contributed by atoms with Crippen LogP contribution in [0.15, 0.2) is 24.3 Å². The molecule has 1 N–H and O–H groups in total. The third-order valence-electron chi connectivity index (χ3n) is 2.34. The molecule has 0 aliphatic heterocycles. The molecule has 0 atom stereocenters. The van der Waals surface area contributed by atoms with Gasteiger partial charge in [-0.05, 0) is 11.6 Å². The molecule has 0 saturated carbocycles. The van der Waals surface area contributed by atoms with E-state index in [4.69, 9.17) is 11.5 Å². The van der Waals surface area contributed by atoms with Crippen molar-refractivity contribution in [1.29, 1.82) is 0 Å². The molecule has 1 aromatic carbocycles. The molecule has 0 radical (unpaired) electrons. The lowest BCUT2D eigenvalue weighted by Crippen LogP contribution is -2.29. The van der Waals surface area contributed by atoms with E-state index in [1.54, 1.807) is 25.2 Å². The number of carboxylic acids is 1. The molecule has 1 rings (SSSR count). The number of carboxylic acid groups (broad SMARTS) is 1. The van der Waals surface area contributed by atoms with Crippen LogP contribution in [0.4, 0.5) is 0 Å². The van der Waals surface area contributed by atoms with Crippen molar-refractivity contribution in [3.8, 4) is 12.3 Å². The molecule has 0 bridgehead atoms. The molecule has 0 unspecified atom stereocenters. The van der Waals surface area contributed by atoms with E-state index in [0.29, 0.717) is 5.56 Å². The van der Waals surface area contributed by atoms with Gasteiger partial charge < -0.3 is 10.0 Å². The summed E-state index contributed by atoms with van der Waals surface area (Å²) in [7, 11) is 1.59. The van der Waals surface area contributed by atoms with Crippen molar-refractivity contribution in [2.24, 2.45) is 0 Å². The van der Waals surface area contributed by atoms with Gasteiger partial charge in [-0.2, -0.15) is 0 Å². The van der Waals surface area contributed by atoms with Gasteiger partial charge in [-0.1, -0.05) is 24.1 Å². The number of terminal acetylenes is 1. The SMILES string of the molecule is C#CCN(C)C(=O)Cc1ccccc1C(=O)O. The van der Waals surface area contributed by atoms with Crippen molar-refractivity contribution in [3.05, 3.63) is 35.4 Å². The maximum absolute atomic E-state index is 11.7. The van der Waals surface area contributed by atoms with Crippen LogP contribution in [0.1, 0.15) is 15.9 Å². The highest BCUT2D eigenvalue weighted by atomic mass is 16.4. The average molecular weight is 231 g/mol. The van der Waals surface area contributed by atoms with Crippen molar-refractivity contribution in [2.45, 2.75) is 6.42 Å². The Morgan fingerprint density at radius 1 is 1.41 bits per heavy atom. The van der Waals surface area contributed by atoms with E-state index in [1.807, 2.05) is 0 Å². The molecule has 0 spiro atoms. The van der Waals surface area contributed by atoms with Crippen LogP contribution in [0.25, 0.3) is 0 Å². The molecule has 88 valence electrons. The second-order valence-electron chi connectivity index (χ2n) is 3.59. The van der Waals surface area contributed by atoms with Crippen LogP contribution in [0.3, 0.4) is 0 Å². The summed E-state index contributed by atoms with van der Waals surface area (Å²) >= 11 is 0. The lowest BCUT2D eigenvalue weighted by Gasteiger charge is -2.14. The fraction of sp³-hybridized carbons (Fsp3) is 0.231. The Morgan fingerprint density at radius 3 is 2.65 bits per heavy atom. The van der Waals surface area contributed by atoms with E-state index in [9.17, 15) is 9.59 Å². The predicted octanol–water partition coefficient (Wildman–Crippen LogP) is 1.02. The fourth-order valence-electron chi connectivity index (χ4n) is 1.41. The Kier molecular flexibility index (Phi) is 4.29. The van der Waals surface area contributed by atoms with E-state index in [0.717, 1.165) is 0 Å². The summed E-state index contributed by atoms with van der Waals surface area (Å²) in [6.45, 7) is 0.216. The lowest BCUT2D eigenvalue weighted by molar-refractivity contribution is -0.128. The number of aromatic carboxylic acids is 1. The van der Waals surface area contributed by atoms with Crippen LogP contribution < -0.4 is 0 Å². The average Bonchev–Trinajstić information content (AvgIpc) is 2.29. The van der Waals surface area contributed by atoms with Gasteiger partial charge in [-0.15, -0.1) is 6.42 Å². The third-order valence-corrected chi connectivity index (χ3v) is 2.34. The number of hydrogen-bond acceptors (Lipinski definition) is 2. The molecular formula is C13H13NO3. The third kappa shape index (κ3) is 3.35. The van der Waals surface area contributed by atoms with Gasteiger partial charge in [0.15, 0.2) is 0 Å². The Bertz CT molecular complexity index is 474. The smallest absolute Gasteiger partial charge is 0.335 e. The van der Waals surface area contributed by atoms with Gasteiger partial charge in [0.05, 0.1) is 18.5 Å². The first kappa shape index (κ1) is 12.8. The molecule has 0 aromatic heterocycles. The first-order valence-electron chi connectivity index (χ1n) is 5.05. The fourth-order valence-corrected chi connectivity index (χ4v) is 1.41. The van der Waals surface area contributed by atoms with Gasteiger partial charge in [0.25, 0.3) is 0 Å². The monoisotopic (exact) mass is 231 g/mol. The number of nitrogens with zero attached hydrogens (tertiary/aromatic N) is 1. The Balaban J connectivity index is 2.85. The highest BCUT2D eigenvalue weighted by molar-refractivity contribution is 5.91. The quantitative estimate of drug-likeness (QED) is 0.787. The molecule has 0 aliphatic rings. The Labute approximate surface area is 99.9 Å². The molecule has 17 heavy (non-hydrogen) atoms. The zero-order chi connectivity index (χ0) is 12.8. The second-order valence-corrected chi connectivity index (χ2v) is 3.59. The van der Waals surface area contributed by atoms with Crippen LogP contribution in [0.2, 0.25) is 0 Å². The number of carbonyl (C=O) groups is 2. The first-order valence-corrected chi connectivity index (χ1v) is 5.05. The maximum atomic E-state index is 11.7. The van der Waals surface area contributed by atoms with Crippen LogP contribution in [0.5, 0.6) is 0 Å². The number of rotatable bonds is 4. The standard InChI is InChI=1S/C13H13NO3/c1-3-8-14(2)12(15)9-10-6-4-5-7-11(10)13(16)17/h1,4-7H,8-9H2,2H3,(H,16,17). The molecule has 0 saturated heterocycles. The number of hydrogen-bond donors (Lipinski definition) is 1. The van der Waals surface area contributed by atoms with Crippen molar-refractivity contribution >= 4 is 11.9 Å². The van der Waals surface area contributed by atoms with Gasteiger partial charge in [-0.3, -0.25) is 4.79 Å². The molecule has 4 heteroatoms. The largest absolute Gasteiger partial charge is 0.478 e. The van der Waals surface area contributed by atoms with Crippen LogP contribution in [-0.2, 0) is 11.2 Å². The Morgan fingerprint density at radius 2 is 2.06 bits per heavy atom. The molecule has 0 aliphatic carbocycles. The zero-order valence-electron chi connectivity index (χ0n) is 9.51. The summed E-state index contributed by atoms with van der Waals surface area (Å²) in [4.78, 5) is 24.0. The van der Waals surface area contributed by atoms with E-state index in [1.165, 1.54) is 11.0 Å². The Hall–Kier alpha value is -2.28. The topological polar surface area (TPSA) is 57.6 Å². The number of benzene rings is 1. The lowest BCUT2D eigenvalue weighted by atomic mass is 10.0. The summed E-state index contributed by atoms with van der Waals surface area (Å²) in [5, 5.41) is 8.96. The molecule has 0 fully saturated rings. The predicted molar refractivity (Wildman–Crippen MR) is 63.6 cm³/mol. The summed E-state index contributed by atoms with van der Waals surface area (Å²) in [5.41, 5.74) is 0.642. The van der Waals surface area contributed by atoms with Gasteiger partial charge in [-0.25, -0.2) is 4.79 Å². The van der Waals surface area contributed by atoms with Crippen molar-refractivity contribution in [2.75, 3.05) is 13.6 Å². The number of likely N-dealkylation sites (N-methyl/N-ethyl adjacent to an activating group) is 1. The highest BCUT2D eigenvalue weighted by Gasteiger charge is 2.14. The van der Waals surface area contributed by atoms with E-state index < -0.39 is 5.97 Å². The minimum atomic E-state index is -1.03. The van der Waals surface area contributed by atoms with E-state index in [-0.39, 0.29) is 24.4 Å². The summed E-state index contributed by atoms with van der Waals surface area (Å²) in [5.74, 6) is 1.13. The molecule has 4 nitrogen and oxygen atoms in total. The number of carbonyl (C=O) groups excluding carboxylic acids is 1. The van der Waals surface area contributed by atoms with Crippen molar-refractivity contribution in [3.63, 3.8) is 0 Å². The van der Waals surface area contributed by atoms with Crippen LogP contribution in [-0.4, -0.2) is 35.5 Å².